The van der Waals surface area contributed by atoms with E-state index in [0.29, 0.717) is 12.2 Å². The van der Waals surface area contributed by atoms with Gasteiger partial charge in [-0.3, -0.25) is 4.79 Å². The van der Waals surface area contributed by atoms with Crippen LogP contribution < -0.4 is 11.0 Å². The van der Waals surface area contributed by atoms with Crippen LogP contribution in [0.3, 0.4) is 0 Å². The molecule has 10 heteroatoms. The summed E-state index contributed by atoms with van der Waals surface area (Å²) in [7, 11) is 0. The third-order valence-electron chi connectivity index (χ3n) is 2.93. The number of hydrogen-bond acceptors (Lipinski definition) is 8. The molecule has 1 aliphatic heterocycles. The molecule has 1 saturated heterocycles. The lowest BCUT2D eigenvalue weighted by Gasteiger charge is -2.09. The van der Waals surface area contributed by atoms with Crippen LogP contribution in [-0.2, 0) is 9.53 Å². The predicted molar refractivity (Wildman–Crippen MR) is 78.4 cm³/mol. The van der Waals surface area contributed by atoms with Gasteiger partial charge in [-0.2, -0.15) is 4.98 Å². The number of aliphatic hydroxyl groups excluding tert-OH is 4. The standard InChI is InChI=1S/C8H11N3O2.C5H10O5/c1-2-3-7(12)10-6-4-5-9-8(13)11-6;6-1-2-3(7)4(8)5(9)10-2/h4-5H,2-3H2,1H3,(H2,9,10,11,12,13);2-9H,1H2/t;2-,3-,4+,5?/m.1/s1. The number of anilines is 1. The number of aliphatic hydroxyl groups is 4. The number of nitrogens with one attached hydrogen (secondary N) is 2. The van der Waals surface area contributed by atoms with Crippen LogP contribution in [0.2, 0.25) is 0 Å². The zero-order valence-electron chi connectivity index (χ0n) is 12.5. The molecule has 1 aromatic rings. The predicted octanol–water partition coefficient (Wildman–Crippen LogP) is -2.07. The van der Waals surface area contributed by atoms with Crippen LogP contribution in [0.5, 0.6) is 0 Å². The summed E-state index contributed by atoms with van der Waals surface area (Å²) in [5.74, 6) is 0.169. The van der Waals surface area contributed by atoms with Crippen LogP contribution in [0.25, 0.3) is 0 Å². The molecule has 0 aliphatic carbocycles. The first-order chi connectivity index (χ1) is 10.9. The first kappa shape index (κ1) is 19.2. The van der Waals surface area contributed by atoms with Crippen molar-refractivity contribution >= 4 is 11.7 Å². The molecule has 1 aromatic heterocycles. The third kappa shape index (κ3) is 6.04. The molecule has 10 nitrogen and oxygen atoms in total. The van der Waals surface area contributed by atoms with Crippen molar-refractivity contribution in [1.82, 2.24) is 9.97 Å². The Bertz CT molecular complexity index is 550. The molecule has 4 atom stereocenters. The van der Waals surface area contributed by atoms with E-state index in [1.165, 1.54) is 12.3 Å². The summed E-state index contributed by atoms with van der Waals surface area (Å²) in [6, 6.07) is 1.54. The van der Waals surface area contributed by atoms with Crippen molar-refractivity contribution in [3.05, 3.63) is 22.7 Å². The molecule has 1 amide bonds. The van der Waals surface area contributed by atoms with E-state index in [4.69, 9.17) is 20.4 Å². The monoisotopic (exact) mass is 331 g/mol. The van der Waals surface area contributed by atoms with E-state index in [1.54, 1.807) is 0 Å². The van der Waals surface area contributed by atoms with Crippen molar-refractivity contribution in [3.8, 4) is 0 Å². The number of aromatic nitrogens is 2. The van der Waals surface area contributed by atoms with Crippen molar-refractivity contribution in [2.24, 2.45) is 0 Å². The highest BCUT2D eigenvalue weighted by Crippen LogP contribution is 2.18. The second-order valence-electron chi connectivity index (χ2n) is 4.81. The van der Waals surface area contributed by atoms with Gasteiger partial charge in [0, 0.05) is 12.6 Å². The number of nitrogens with zero attached hydrogens (tertiary/aromatic N) is 1. The van der Waals surface area contributed by atoms with Crippen molar-refractivity contribution in [2.75, 3.05) is 11.9 Å². The number of carbonyl (C=O) groups excluding carboxylic acids is 1. The minimum absolute atomic E-state index is 0.124. The summed E-state index contributed by atoms with van der Waals surface area (Å²) in [5, 5.41) is 37.5. The van der Waals surface area contributed by atoms with Crippen molar-refractivity contribution in [3.63, 3.8) is 0 Å². The second kappa shape index (κ2) is 9.33. The number of rotatable bonds is 4. The second-order valence-corrected chi connectivity index (χ2v) is 4.81. The van der Waals surface area contributed by atoms with Gasteiger partial charge in [0.15, 0.2) is 6.29 Å². The highest BCUT2D eigenvalue weighted by molar-refractivity contribution is 5.89. The van der Waals surface area contributed by atoms with Crippen LogP contribution in [0.15, 0.2) is 17.1 Å². The number of hydrogen-bond donors (Lipinski definition) is 6. The molecule has 2 rings (SSSR count). The molecule has 1 fully saturated rings. The number of amides is 1. The van der Waals surface area contributed by atoms with Gasteiger partial charge in [-0.1, -0.05) is 6.92 Å². The van der Waals surface area contributed by atoms with Gasteiger partial charge in [0.1, 0.15) is 24.1 Å². The molecule has 0 bridgehead atoms. The number of aromatic amines is 1. The maximum absolute atomic E-state index is 11.1. The first-order valence-electron chi connectivity index (χ1n) is 7.05. The largest absolute Gasteiger partial charge is 0.394 e. The quantitative estimate of drug-likeness (QED) is 0.366. The van der Waals surface area contributed by atoms with E-state index >= 15 is 0 Å². The van der Waals surface area contributed by atoms with Crippen LogP contribution in [0.4, 0.5) is 5.82 Å². The van der Waals surface area contributed by atoms with Gasteiger partial charge in [0.05, 0.1) is 6.61 Å². The molecule has 1 aliphatic rings. The molecule has 2 heterocycles. The Morgan fingerprint density at radius 2 is 2.09 bits per heavy atom. The molecular weight excluding hydrogens is 310 g/mol. The lowest BCUT2D eigenvalue weighted by atomic mass is 10.1. The highest BCUT2D eigenvalue weighted by Gasteiger charge is 2.41. The zero-order valence-corrected chi connectivity index (χ0v) is 12.5. The Labute approximate surface area is 131 Å². The highest BCUT2D eigenvalue weighted by atomic mass is 16.6. The van der Waals surface area contributed by atoms with Crippen molar-refractivity contribution in [2.45, 2.75) is 44.4 Å². The average molecular weight is 331 g/mol. The Morgan fingerprint density at radius 1 is 1.39 bits per heavy atom. The normalized spacial score (nSPS) is 26.3. The van der Waals surface area contributed by atoms with E-state index < -0.39 is 36.9 Å². The minimum atomic E-state index is -1.38. The molecule has 23 heavy (non-hydrogen) atoms. The maximum Gasteiger partial charge on any atom is 0.346 e. The van der Waals surface area contributed by atoms with Crippen molar-refractivity contribution in [1.29, 1.82) is 0 Å². The molecule has 0 aromatic carbocycles. The molecule has 0 spiro atoms. The van der Waals surface area contributed by atoms with E-state index in [1.807, 2.05) is 6.92 Å². The number of H-pyrrole nitrogens is 1. The molecule has 130 valence electrons. The van der Waals surface area contributed by atoms with E-state index in [9.17, 15) is 9.59 Å². The summed E-state index contributed by atoms with van der Waals surface area (Å²) < 4.78 is 4.54. The van der Waals surface area contributed by atoms with Gasteiger partial charge in [0.2, 0.25) is 5.91 Å². The van der Waals surface area contributed by atoms with E-state index in [0.717, 1.165) is 6.42 Å². The lowest BCUT2D eigenvalue weighted by molar-refractivity contribution is -0.132. The van der Waals surface area contributed by atoms with Crippen LogP contribution in [0, 0.1) is 0 Å². The number of carbonyl (C=O) groups is 1. The third-order valence-corrected chi connectivity index (χ3v) is 2.93. The fraction of sp³-hybridized carbons (Fsp3) is 0.615. The Hall–Kier alpha value is -1.85. The topological polar surface area (TPSA) is 165 Å². The van der Waals surface area contributed by atoms with Crippen LogP contribution in [0.1, 0.15) is 19.8 Å². The molecule has 0 saturated carbocycles. The summed E-state index contributed by atoms with van der Waals surface area (Å²) >= 11 is 0. The fourth-order valence-corrected chi connectivity index (χ4v) is 1.75. The van der Waals surface area contributed by atoms with Gasteiger partial charge >= 0.3 is 5.69 Å². The smallest absolute Gasteiger partial charge is 0.346 e. The van der Waals surface area contributed by atoms with E-state index in [-0.39, 0.29) is 5.91 Å². The summed E-state index contributed by atoms with van der Waals surface area (Å²) in [4.78, 5) is 27.7. The number of ether oxygens (including phenoxy) is 1. The lowest BCUT2D eigenvalue weighted by Crippen LogP contribution is -2.33. The van der Waals surface area contributed by atoms with Gasteiger partial charge in [-0.05, 0) is 12.5 Å². The SMILES string of the molecule is CCCC(=O)Nc1cc[nH]c(=O)n1.OC[C@H]1OC(O)[C@@H](O)[C@@H]1O. The van der Waals surface area contributed by atoms with Gasteiger partial charge in [0.25, 0.3) is 0 Å². The maximum atomic E-state index is 11.1. The van der Waals surface area contributed by atoms with Crippen LogP contribution in [-0.4, -0.2) is 67.5 Å². The fourth-order valence-electron chi connectivity index (χ4n) is 1.75. The molecule has 1 unspecified atom stereocenters. The average Bonchev–Trinajstić information content (AvgIpc) is 2.75. The molecular formula is C13H21N3O7. The summed E-state index contributed by atoms with van der Waals surface area (Å²) in [6.45, 7) is 1.50. The summed E-state index contributed by atoms with van der Waals surface area (Å²) in [6.07, 6.45) is -2.10. The van der Waals surface area contributed by atoms with Crippen molar-refractivity contribution < 1.29 is 30.0 Å². The Balaban J connectivity index is 0.000000238. The van der Waals surface area contributed by atoms with Gasteiger partial charge < -0.3 is 35.5 Å². The Morgan fingerprint density at radius 3 is 2.52 bits per heavy atom. The van der Waals surface area contributed by atoms with E-state index in [2.05, 4.69) is 20.0 Å². The molecule has 0 radical (unpaired) electrons. The van der Waals surface area contributed by atoms with Gasteiger partial charge in [-0.25, -0.2) is 4.79 Å². The first-order valence-corrected chi connectivity index (χ1v) is 7.05. The van der Waals surface area contributed by atoms with Gasteiger partial charge in [-0.15, -0.1) is 0 Å². The zero-order chi connectivity index (χ0) is 17.4. The Kier molecular flexibility index (Phi) is 7.78. The summed E-state index contributed by atoms with van der Waals surface area (Å²) in [5.41, 5.74) is -0.464. The van der Waals surface area contributed by atoms with Crippen LogP contribution >= 0.6 is 0 Å². The molecule has 6 N–H and O–H groups in total. The minimum Gasteiger partial charge on any atom is -0.394 e.